The van der Waals surface area contributed by atoms with Crippen LogP contribution in [0, 0.1) is 5.92 Å². The van der Waals surface area contributed by atoms with Gasteiger partial charge >= 0.3 is 0 Å². The Kier molecular flexibility index (Phi) is 6.87. The highest BCUT2D eigenvalue weighted by atomic mass is 32.2. The minimum atomic E-state index is 0.691. The lowest BCUT2D eigenvalue weighted by atomic mass is 9.89. The van der Waals surface area contributed by atoms with Gasteiger partial charge in [0, 0.05) is 40.8 Å². The van der Waals surface area contributed by atoms with Gasteiger partial charge < -0.3 is 10.1 Å². The van der Waals surface area contributed by atoms with Crippen molar-refractivity contribution in [3.63, 3.8) is 0 Å². The van der Waals surface area contributed by atoms with Gasteiger partial charge in [0.2, 0.25) is 0 Å². The molecule has 2 aliphatic heterocycles. The van der Waals surface area contributed by atoms with Gasteiger partial charge in [0.15, 0.2) is 0 Å². The summed E-state index contributed by atoms with van der Waals surface area (Å²) in [6.45, 7) is 10.1. The number of hydrogen-bond donors (Lipinski definition) is 1. The third-order valence-corrected chi connectivity index (χ3v) is 7.89. The summed E-state index contributed by atoms with van der Waals surface area (Å²) >= 11 is 4.39. The molecule has 19 heavy (non-hydrogen) atoms. The van der Waals surface area contributed by atoms with Crippen LogP contribution in [0.4, 0.5) is 0 Å². The molecule has 0 aromatic rings. The molecular weight excluding hydrogens is 274 g/mol. The zero-order chi connectivity index (χ0) is 13.7. The van der Waals surface area contributed by atoms with E-state index in [0.29, 0.717) is 6.04 Å². The van der Waals surface area contributed by atoms with Gasteiger partial charge in [-0.3, -0.25) is 0 Å². The van der Waals surface area contributed by atoms with E-state index < -0.39 is 0 Å². The van der Waals surface area contributed by atoms with Crippen LogP contribution < -0.4 is 5.32 Å². The first-order valence-electron chi connectivity index (χ1n) is 7.80. The van der Waals surface area contributed by atoms with E-state index in [1.165, 1.54) is 25.0 Å². The van der Waals surface area contributed by atoms with Gasteiger partial charge in [-0.15, -0.1) is 0 Å². The van der Waals surface area contributed by atoms with Gasteiger partial charge in [-0.2, -0.15) is 23.5 Å². The summed E-state index contributed by atoms with van der Waals surface area (Å²) in [6.07, 6.45) is 3.72. The molecule has 1 N–H and O–H groups in total. The molecule has 2 fully saturated rings. The Morgan fingerprint density at radius 2 is 1.95 bits per heavy atom. The minimum absolute atomic E-state index is 0.691. The molecule has 2 saturated heterocycles. The fourth-order valence-corrected chi connectivity index (χ4v) is 6.19. The van der Waals surface area contributed by atoms with Crippen LogP contribution in [0.2, 0.25) is 0 Å². The van der Waals surface area contributed by atoms with E-state index in [9.17, 15) is 0 Å². The minimum Gasteiger partial charge on any atom is -0.381 e. The van der Waals surface area contributed by atoms with E-state index in [2.05, 4.69) is 49.6 Å². The Bertz CT molecular complexity index is 259. The number of nitrogens with one attached hydrogen (secondary N) is 1. The molecule has 112 valence electrons. The number of ether oxygens (including phenoxy) is 1. The van der Waals surface area contributed by atoms with Crippen LogP contribution in [0.5, 0.6) is 0 Å². The molecule has 0 amide bonds. The summed E-state index contributed by atoms with van der Waals surface area (Å²) in [5.74, 6) is 2.13. The molecule has 0 saturated carbocycles. The summed E-state index contributed by atoms with van der Waals surface area (Å²) in [5.41, 5.74) is 0. The quantitative estimate of drug-likeness (QED) is 0.840. The maximum atomic E-state index is 5.54. The maximum absolute atomic E-state index is 5.54. The van der Waals surface area contributed by atoms with Crippen LogP contribution in [0.1, 0.15) is 40.0 Å². The molecule has 0 aromatic heterocycles. The van der Waals surface area contributed by atoms with Crippen molar-refractivity contribution in [1.82, 2.24) is 5.32 Å². The Morgan fingerprint density at radius 1 is 1.21 bits per heavy atom. The van der Waals surface area contributed by atoms with Gasteiger partial charge in [-0.25, -0.2) is 0 Å². The van der Waals surface area contributed by atoms with E-state index in [4.69, 9.17) is 4.74 Å². The van der Waals surface area contributed by atoms with Crippen LogP contribution >= 0.6 is 23.5 Å². The zero-order valence-corrected chi connectivity index (χ0v) is 14.2. The third-order valence-electron chi connectivity index (χ3n) is 4.38. The summed E-state index contributed by atoms with van der Waals surface area (Å²) < 4.78 is 5.54. The van der Waals surface area contributed by atoms with Crippen molar-refractivity contribution in [3.8, 4) is 0 Å². The van der Waals surface area contributed by atoms with Crippen LogP contribution in [0.15, 0.2) is 0 Å². The molecule has 0 spiro atoms. The highest BCUT2D eigenvalue weighted by Gasteiger charge is 2.35. The van der Waals surface area contributed by atoms with Gasteiger partial charge in [0.05, 0.1) is 0 Å². The van der Waals surface area contributed by atoms with Crippen molar-refractivity contribution in [1.29, 1.82) is 0 Å². The first-order valence-corrected chi connectivity index (χ1v) is 9.79. The molecule has 2 nitrogen and oxygen atoms in total. The number of hydrogen-bond acceptors (Lipinski definition) is 4. The van der Waals surface area contributed by atoms with E-state index in [-0.39, 0.29) is 0 Å². The Hall–Kier alpha value is 0.620. The molecule has 4 heteroatoms. The molecule has 0 radical (unpaired) electrons. The molecule has 0 bridgehead atoms. The van der Waals surface area contributed by atoms with Crippen molar-refractivity contribution in [2.45, 2.75) is 61.8 Å². The topological polar surface area (TPSA) is 21.3 Å². The zero-order valence-electron chi connectivity index (χ0n) is 12.6. The average Bonchev–Trinajstić information content (AvgIpc) is 2.44. The van der Waals surface area contributed by atoms with Crippen LogP contribution in [-0.2, 0) is 4.74 Å². The van der Waals surface area contributed by atoms with Crippen molar-refractivity contribution >= 4 is 23.5 Å². The van der Waals surface area contributed by atoms with Crippen LogP contribution in [-0.4, -0.2) is 47.3 Å². The van der Waals surface area contributed by atoms with E-state index in [1.54, 1.807) is 0 Å². The number of rotatable bonds is 5. The van der Waals surface area contributed by atoms with Crippen molar-refractivity contribution in [3.05, 3.63) is 0 Å². The monoisotopic (exact) mass is 303 g/mol. The summed E-state index contributed by atoms with van der Waals surface area (Å²) in [7, 11) is 0. The Morgan fingerprint density at radius 3 is 2.58 bits per heavy atom. The molecule has 4 unspecified atom stereocenters. The fraction of sp³-hybridized carbons (Fsp3) is 1.00. The van der Waals surface area contributed by atoms with Gasteiger partial charge in [-0.1, -0.05) is 20.8 Å². The van der Waals surface area contributed by atoms with Crippen molar-refractivity contribution in [2.75, 3.05) is 25.5 Å². The second kappa shape index (κ2) is 8.16. The lowest BCUT2D eigenvalue weighted by molar-refractivity contribution is 0.0541. The highest BCUT2D eigenvalue weighted by Crippen LogP contribution is 2.39. The summed E-state index contributed by atoms with van der Waals surface area (Å²) in [6, 6.07) is 0.691. The summed E-state index contributed by atoms with van der Waals surface area (Å²) in [5, 5.41) is 6.23. The highest BCUT2D eigenvalue weighted by molar-refractivity contribution is 8.07. The lowest BCUT2D eigenvalue weighted by Gasteiger charge is -2.41. The standard InChI is InChI=1S/C15H29NOS2/c1-4-7-16-15(13-5-8-17-9-6-13)14-10-18-11(2)12(3)19-14/h11-16H,4-10H2,1-3H3. The SMILES string of the molecule is CCCNC(C1CCOCC1)C1CSC(C)C(C)S1. The number of thioether (sulfide) groups is 2. The predicted molar refractivity (Wildman–Crippen MR) is 88.4 cm³/mol. The average molecular weight is 304 g/mol. The van der Waals surface area contributed by atoms with Gasteiger partial charge in [-0.05, 0) is 31.7 Å². The second-order valence-electron chi connectivity index (χ2n) is 5.85. The molecule has 0 aliphatic carbocycles. The molecule has 2 aliphatic rings. The van der Waals surface area contributed by atoms with Gasteiger partial charge in [0.25, 0.3) is 0 Å². The summed E-state index contributed by atoms with van der Waals surface area (Å²) in [4.78, 5) is 0. The first-order chi connectivity index (χ1) is 9.22. The van der Waals surface area contributed by atoms with E-state index in [1.807, 2.05) is 0 Å². The molecule has 0 aromatic carbocycles. The molecular formula is C15H29NOS2. The lowest BCUT2D eigenvalue weighted by Crippen LogP contribution is -2.49. The normalized spacial score (nSPS) is 35.2. The Balaban J connectivity index is 1.95. The van der Waals surface area contributed by atoms with Crippen LogP contribution in [0.25, 0.3) is 0 Å². The third kappa shape index (κ3) is 4.55. The predicted octanol–water partition coefficient (Wildman–Crippen LogP) is 3.41. The van der Waals surface area contributed by atoms with Crippen molar-refractivity contribution < 1.29 is 4.74 Å². The Labute approximate surface area is 127 Å². The fourth-order valence-electron chi connectivity index (χ4n) is 2.98. The van der Waals surface area contributed by atoms with E-state index in [0.717, 1.165) is 41.4 Å². The maximum Gasteiger partial charge on any atom is 0.0469 e. The first kappa shape index (κ1) is 16.0. The van der Waals surface area contributed by atoms with E-state index >= 15 is 0 Å². The van der Waals surface area contributed by atoms with Crippen molar-refractivity contribution in [2.24, 2.45) is 5.92 Å². The van der Waals surface area contributed by atoms with Gasteiger partial charge in [0.1, 0.15) is 0 Å². The molecule has 2 rings (SSSR count). The molecule has 4 atom stereocenters. The second-order valence-corrected chi connectivity index (χ2v) is 8.88. The smallest absolute Gasteiger partial charge is 0.0469 e. The van der Waals surface area contributed by atoms with Crippen LogP contribution in [0.3, 0.4) is 0 Å². The molecule has 2 heterocycles. The largest absolute Gasteiger partial charge is 0.381 e.